The summed E-state index contributed by atoms with van der Waals surface area (Å²) in [4.78, 5) is 15.2. The zero-order valence-electron chi connectivity index (χ0n) is 10.3. The predicted octanol–water partition coefficient (Wildman–Crippen LogP) is 1.04. The van der Waals surface area contributed by atoms with Crippen LogP contribution in [0.3, 0.4) is 0 Å². The summed E-state index contributed by atoms with van der Waals surface area (Å²) in [5, 5.41) is 8.75. The molecule has 92 valence electrons. The molecule has 0 aromatic heterocycles. The Kier molecular flexibility index (Phi) is 4.96. The number of aliphatic carboxylic acids is 1. The molecular weight excluding hydrogens is 204 g/mol. The SMILES string of the molecule is C=C(CN(C)CC1CCCN1CC)C(=O)O. The fourth-order valence-electron chi connectivity index (χ4n) is 2.34. The first-order chi connectivity index (χ1) is 7.54. The van der Waals surface area contributed by atoms with E-state index in [0.717, 1.165) is 13.1 Å². The lowest BCUT2D eigenvalue weighted by molar-refractivity contribution is -0.132. The average Bonchev–Trinajstić information content (AvgIpc) is 2.64. The van der Waals surface area contributed by atoms with E-state index < -0.39 is 5.97 Å². The van der Waals surface area contributed by atoms with Gasteiger partial charge in [0.05, 0.1) is 0 Å². The molecule has 0 bridgehead atoms. The van der Waals surface area contributed by atoms with Crippen LogP contribution in [0.5, 0.6) is 0 Å². The first-order valence-electron chi connectivity index (χ1n) is 5.88. The number of likely N-dealkylation sites (tertiary alicyclic amines) is 1. The Morgan fingerprint density at radius 1 is 1.62 bits per heavy atom. The largest absolute Gasteiger partial charge is 0.478 e. The Hall–Kier alpha value is -0.870. The van der Waals surface area contributed by atoms with Crippen molar-refractivity contribution in [3.63, 3.8) is 0 Å². The smallest absolute Gasteiger partial charge is 0.332 e. The molecule has 1 aliphatic heterocycles. The Morgan fingerprint density at radius 3 is 2.88 bits per heavy atom. The minimum absolute atomic E-state index is 0.267. The number of carbonyl (C=O) groups is 1. The lowest BCUT2D eigenvalue weighted by Gasteiger charge is -2.27. The van der Waals surface area contributed by atoms with E-state index in [1.807, 2.05) is 7.05 Å². The summed E-state index contributed by atoms with van der Waals surface area (Å²) in [6, 6.07) is 0.580. The zero-order valence-corrected chi connectivity index (χ0v) is 10.3. The Morgan fingerprint density at radius 2 is 2.31 bits per heavy atom. The number of carboxylic acids is 1. The predicted molar refractivity (Wildman–Crippen MR) is 64.5 cm³/mol. The first-order valence-corrected chi connectivity index (χ1v) is 5.88. The molecule has 0 aromatic carbocycles. The summed E-state index contributed by atoms with van der Waals surface area (Å²) in [6.45, 7) is 9.36. The molecule has 0 aromatic rings. The van der Waals surface area contributed by atoms with Crippen LogP contribution in [0.4, 0.5) is 0 Å². The molecule has 1 atom stereocenters. The van der Waals surface area contributed by atoms with Crippen LogP contribution in [0.1, 0.15) is 19.8 Å². The second-order valence-electron chi connectivity index (χ2n) is 4.53. The van der Waals surface area contributed by atoms with E-state index in [4.69, 9.17) is 5.11 Å². The van der Waals surface area contributed by atoms with Gasteiger partial charge < -0.3 is 10.0 Å². The summed E-state index contributed by atoms with van der Waals surface area (Å²) < 4.78 is 0. The molecule has 0 amide bonds. The van der Waals surface area contributed by atoms with Gasteiger partial charge in [-0.3, -0.25) is 4.90 Å². The molecular formula is C12H22N2O2. The van der Waals surface area contributed by atoms with Crippen molar-refractivity contribution in [2.75, 3.05) is 33.2 Å². The Labute approximate surface area is 97.5 Å². The molecule has 0 saturated carbocycles. The van der Waals surface area contributed by atoms with Gasteiger partial charge in [0.25, 0.3) is 0 Å². The monoisotopic (exact) mass is 226 g/mol. The molecule has 16 heavy (non-hydrogen) atoms. The molecule has 1 N–H and O–H groups in total. The molecule has 1 fully saturated rings. The van der Waals surface area contributed by atoms with Crippen LogP contribution in [-0.4, -0.2) is 60.1 Å². The van der Waals surface area contributed by atoms with E-state index in [9.17, 15) is 4.79 Å². The van der Waals surface area contributed by atoms with Crippen LogP contribution in [0.25, 0.3) is 0 Å². The van der Waals surface area contributed by atoms with Crippen LogP contribution in [0.2, 0.25) is 0 Å². The molecule has 1 aliphatic rings. The number of hydrogen-bond acceptors (Lipinski definition) is 3. The van der Waals surface area contributed by atoms with Crippen molar-refractivity contribution >= 4 is 5.97 Å². The third kappa shape index (κ3) is 3.61. The van der Waals surface area contributed by atoms with Crippen molar-refractivity contribution in [3.8, 4) is 0 Å². The second-order valence-corrected chi connectivity index (χ2v) is 4.53. The minimum atomic E-state index is -0.898. The van der Waals surface area contributed by atoms with Crippen molar-refractivity contribution in [3.05, 3.63) is 12.2 Å². The normalized spacial score (nSPS) is 21.6. The summed E-state index contributed by atoms with van der Waals surface area (Å²) in [7, 11) is 1.96. The van der Waals surface area contributed by atoms with Crippen LogP contribution in [0.15, 0.2) is 12.2 Å². The molecule has 1 heterocycles. The molecule has 1 saturated heterocycles. The van der Waals surface area contributed by atoms with Crippen LogP contribution >= 0.6 is 0 Å². The van der Waals surface area contributed by atoms with Gasteiger partial charge in [0.2, 0.25) is 0 Å². The van der Waals surface area contributed by atoms with Gasteiger partial charge in [-0.2, -0.15) is 0 Å². The third-order valence-electron chi connectivity index (χ3n) is 3.19. The number of carboxylic acid groups (broad SMARTS) is 1. The van der Waals surface area contributed by atoms with Crippen molar-refractivity contribution in [1.82, 2.24) is 9.80 Å². The van der Waals surface area contributed by atoms with E-state index in [1.54, 1.807) is 0 Å². The van der Waals surface area contributed by atoms with Crippen LogP contribution in [-0.2, 0) is 4.79 Å². The fourth-order valence-corrected chi connectivity index (χ4v) is 2.34. The van der Waals surface area contributed by atoms with E-state index in [2.05, 4.69) is 23.3 Å². The molecule has 0 aliphatic carbocycles. The van der Waals surface area contributed by atoms with Gasteiger partial charge >= 0.3 is 5.97 Å². The highest BCUT2D eigenvalue weighted by Gasteiger charge is 2.24. The fraction of sp³-hybridized carbons (Fsp3) is 0.750. The third-order valence-corrected chi connectivity index (χ3v) is 3.19. The maximum atomic E-state index is 10.7. The number of rotatable bonds is 6. The van der Waals surface area contributed by atoms with Crippen molar-refractivity contribution in [1.29, 1.82) is 0 Å². The summed E-state index contributed by atoms with van der Waals surface area (Å²) >= 11 is 0. The summed E-state index contributed by atoms with van der Waals surface area (Å²) in [5.41, 5.74) is 0.267. The molecule has 1 rings (SSSR count). The molecule has 4 nitrogen and oxygen atoms in total. The van der Waals surface area contributed by atoms with E-state index >= 15 is 0 Å². The van der Waals surface area contributed by atoms with Gasteiger partial charge in [-0.1, -0.05) is 13.5 Å². The summed E-state index contributed by atoms with van der Waals surface area (Å²) in [6.07, 6.45) is 2.48. The highest BCUT2D eigenvalue weighted by molar-refractivity contribution is 5.86. The molecule has 0 radical (unpaired) electrons. The van der Waals surface area contributed by atoms with Gasteiger partial charge in [0, 0.05) is 24.7 Å². The Balaban J connectivity index is 2.36. The molecule has 4 heteroatoms. The van der Waals surface area contributed by atoms with E-state index in [1.165, 1.54) is 19.4 Å². The van der Waals surface area contributed by atoms with Crippen molar-refractivity contribution in [2.24, 2.45) is 0 Å². The lowest BCUT2D eigenvalue weighted by Crippen LogP contribution is -2.39. The summed E-state index contributed by atoms with van der Waals surface area (Å²) in [5.74, 6) is -0.898. The molecule has 1 unspecified atom stereocenters. The lowest BCUT2D eigenvalue weighted by atomic mass is 10.2. The number of nitrogens with zero attached hydrogens (tertiary/aromatic N) is 2. The number of hydrogen-bond donors (Lipinski definition) is 1. The Bertz CT molecular complexity index is 266. The first kappa shape index (κ1) is 13.2. The van der Waals surface area contributed by atoms with E-state index in [0.29, 0.717) is 12.6 Å². The van der Waals surface area contributed by atoms with Gasteiger partial charge in [-0.25, -0.2) is 4.79 Å². The van der Waals surface area contributed by atoms with Gasteiger partial charge in [0.15, 0.2) is 0 Å². The topological polar surface area (TPSA) is 43.8 Å². The highest BCUT2D eigenvalue weighted by atomic mass is 16.4. The van der Waals surface area contributed by atoms with Crippen molar-refractivity contribution < 1.29 is 9.90 Å². The molecule has 0 spiro atoms. The van der Waals surface area contributed by atoms with Crippen LogP contribution in [0, 0.1) is 0 Å². The van der Waals surface area contributed by atoms with Gasteiger partial charge in [-0.05, 0) is 33.0 Å². The maximum Gasteiger partial charge on any atom is 0.332 e. The van der Waals surface area contributed by atoms with Crippen molar-refractivity contribution in [2.45, 2.75) is 25.8 Å². The quantitative estimate of drug-likeness (QED) is 0.687. The minimum Gasteiger partial charge on any atom is -0.478 e. The van der Waals surface area contributed by atoms with Gasteiger partial charge in [0.1, 0.15) is 0 Å². The second kappa shape index (κ2) is 6.01. The van der Waals surface area contributed by atoms with E-state index in [-0.39, 0.29) is 5.57 Å². The van der Waals surface area contributed by atoms with Gasteiger partial charge in [-0.15, -0.1) is 0 Å². The average molecular weight is 226 g/mol. The number of likely N-dealkylation sites (N-methyl/N-ethyl adjacent to an activating group) is 2. The zero-order chi connectivity index (χ0) is 12.1. The maximum absolute atomic E-state index is 10.7. The van der Waals surface area contributed by atoms with Crippen LogP contribution < -0.4 is 0 Å². The highest BCUT2D eigenvalue weighted by Crippen LogP contribution is 2.17. The standard InChI is InChI=1S/C12H22N2O2/c1-4-14-7-5-6-11(14)9-13(3)8-10(2)12(15)16/h11H,2,4-9H2,1,3H3,(H,15,16).